The van der Waals surface area contributed by atoms with E-state index in [0.717, 1.165) is 13.0 Å². The topological polar surface area (TPSA) is 19.7 Å². The van der Waals surface area contributed by atoms with Crippen molar-refractivity contribution in [3.05, 3.63) is 90.0 Å². The summed E-state index contributed by atoms with van der Waals surface area (Å²) in [5, 5.41) is 0. The maximum absolute atomic E-state index is 3.79. The van der Waals surface area contributed by atoms with Crippen LogP contribution >= 0.6 is 0 Å². The van der Waals surface area contributed by atoms with Crippen molar-refractivity contribution in [3.63, 3.8) is 0 Å². The number of unbranched alkanes of at least 4 members (excludes halogenated alkanes) is 19. The lowest BCUT2D eigenvalue weighted by Crippen LogP contribution is -2.43. The highest BCUT2D eigenvalue weighted by Gasteiger charge is 2.41. The Morgan fingerprint density at radius 3 is 1.54 bits per heavy atom. The predicted molar refractivity (Wildman–Crippen MR) is 201 cm³/mol. The van der Waals surface area contributed by atoms with Crippen molar-refractivity contribution >= 4 is 0 Å². The molecule has 0 spiro atoms. The summed E-state index contributed by atoms with van der Waals surface area (Å²) < 4.78 is 2.57. The number of aromatic amines is 1. The average Bonchev–Trinajstić information content (AvgIpc) is 3.54. The number of nitrogens with zero attached hydrogens (tertiary/aromatic N) is 1. The van der Waals surface area contributed by atoms with E-state index in [1.807, 2.05) is 0 Å². The largest absolute Gasteiger partial charge is 0.258 e. The summed E-state index contributed by atoms with van der Waals surface area (Å²) in [7, 11) is 0. The molecule has 2 heteroatoms. The Balaban J connectivity index is 1.58. The molecule has 0 bridgehead atoms. The lowest BCUT2D eigenvalue weighted by molar-refractivity contribution is -0.705. The fourth-order valence-corrected chi connectivity index (χ4v) is 7.68. The zero-order chi connectivity index (χ0) is 32.5. The van der Waals surface area contributed by atoms with Gasteiger partial charge in [0.1, 0.15) is 12.4 Å². The van der Waals surface area contributed by atoms with Crippen LogP contribution in [-0.4, -0.2) is 4.98 Å². The Morgan fingerprint density at radius 2 is 1.02 bits per heavy atom. The molecule has 46 heavy (non-hydrogen) atoms. The Labute approximate surface area is 285 Å². The van der Waals surface area contributed by atoms with Crippen molar-refractivity contribution in [1.82, 2.24) is 4.98 Å². The lowest BCUT2D eigenvalue weighted by Gasteiger charge is -2.37. The number of benzene rings is 2. The first-order valence-electron chi connectivity index (χ1n) is 19.8. The van der Waals surface area contributed by atoms with Crippen LogP contribution < -0.4 is 4.57 Å². The standard InChI is InChI=1S/C44H70N2/c1-4-6-8-10-12-13-14-15-16-17-18-19-20-21-29-35-42(43-45-36-38-46(43)37-30-22-11-9-7-5-2)44(3,41-33-27-24-28-34-41)39-40-31-25-23-26-32-40/h23-28,31-34,36,38,42H,4-22,29-30,35,37,39H2,1-3H3/p+1. The molecule has 2 atom stereocenters. The van der Waals surface area contributed by atoms with E-state index in [2.05, 4.69) is 103 Å². The van der Waals surface area contributed by atoms with E-state index >= 15 is 0 Å². The van der Waals surface area contributed by atoms with Gasteiger partial charge in [-0.15, -0.1) is 0 Å². The summed E-state index contributed by atoms with van der Waals surface area (Å²) in [4.78, 5) is 3.79. The number of hydrogen-bond acceptors (Lipinski definition) is 0. The van der Waals surface area contributed by atoms with Crippen LogP contribution in [0, 0.1) is 0 Å². The van der Waals surface area contributed by atoms with Gasteiger partial charge < -0.3 is 0 Å². The Kier molecular flexibility index (Phi) is 19.8. The summed E-state index contributed by atoms with van der Waals surface area (Å²) in [5.41, 5.74) is 2.90. The van der Waals surface area contributed by atoms with Crippen LogP contribution in [0.25, 0.3) is 0 Å². The van der Waals surface area contributed by atoms with Gasteiger partial charge in [-0.25, -0.2) is 9.55 Å². The van der Waals surface area contributed by atoms with Gasteiger partial charge in [0.15, 0.2) is 0 Å². The first-order chi connectivity index (χ1) is 22.7. The van der Waals surface area contributed by atoms with Crippen LogP contribution in [0.2, 0.25) is 0 Å². The second-order valence-electron chi connectivity index (χ2n) is 14.5. The lowest BCUT2D eigenvalue weighted by atomic mass is 9.66. The van der Waals surface area contributed by atoms with Crippen LogP contribution in [0.4, 0.5) is 0 Å². The van der Waals surface area contributed by atoms with Crippen molar-refractivity contribution in [1.29, 1.82) is 0 Å². The Morgan fingerprint density at radius 1 is 0.565 bits per heavy atom. The molecule has 0 saturated carbocycles. The van der Waals surface area contributed by atoms with Crippen molar-refractivity contribution in [2.24, 2.45) is 0 Å². The van der Waals surface area contributed by atoms with E-state index in [1.54, 1.807) is 0 Å². The van der Waals surface area contributed by atoms with Gasteiger partial charge in [0.25, 0.3) is 5.82 Å². The van der Waals surface area contributed by atoms with Gasteiger partial charge in [-0.2, -0.15) is 0 Å². The van der Waals surface area contributed by atoms with Gasteiger partial charge in [-0.1, -0.05) is 203 Å². The highest BCUT2D eigenvalue weighted by atomic mass is 15.1. The molecule has 1 heterocycles. The normalized spacial score (nSPS) is 13.5. The zero-order valence-electron chi connectivity index (χ0n) is 30.4. The first-order valence-corrected chi connectivity index (χ1v) is 19.8. The van der Waals surface area contributed by atoms with Crippen LogP contribution in [0.3, 0.4) is 0 Å². The molecule has 3 aromatic rings. The van der Waals surface area contributed by atoms with Crippen LogP contribution in [0.15, 0.2) is 73.1 Å². The van der Waals surface area contributed by atoms with Gasteiger partial charge >= 0.3 is 0 Å². The smallest absolute Gasteiger partial charge is 0.247 e. The quantitative estimate of drug-likeness (QED) is 0.0610. The molecule has 256 valence electrons. The number of aryl methyl sites for hydroxylation is 1. The van der Waals surface area contributed by atoms with E-state index in [9.17, 15) is 0 Å². The van der Waals surface area contributed by atoms with Gasteiger partial charge in [-0.05, 0) is 36.8 Å². The predicted octanol–water partition coefficient (Wildman–Crippen LogP) is 13.2. The number of imidazole rings is 1. The number of hydrogen-bond donors (Lipinski definition) is 1. The molecule has 0 saturated heterocycles. The summed E-state index contributed by atoms with van der Waals surface area (Å²) in [6.45, 7) is 8.28. The molecule has 1 aromatic heterocycles. The van der Waals surface area contributed by atoms with Crippen molar-refractivity contribution in [3.8, 4) is 0 Å². The molecule has 0 aliphatic heterocycles. The van der Waals surface area contributed by atoms with E-state index < -0.39 is 0 Å². The zero-order valence-corrected chi connectivity index (χ0v) is 30.4. The number of H-pyrrole nitrogens is 1. The van der Waals surface area contributed by atoms with Crippen molar-refractivity contribution < 1.29 is 4.57 Å². The van der Waals surface area contributed by atoms with E-state index in [-0.39, 0.29) is 5.41 Å². The summed E-state index contributed by atoms with van der Waals surface area (Å²) in [5.74, 6) is 1.87. The SMILES string of the molecule is CCCCCCCCCCCCCCCCCC(c1[nH]cc[n+]1CCCCCCCC)C(C)(Cc1ccccc1)c1ccccc1. The highest BCUT2D eigenvalue weighted by Crippen LogP contribution is 2.43. The molecule has 0 aliphatic rings. The molecule has 0 aliphatic carbocycles. The van der Waals surface area contributed by atoms with Gasteiger partial charge in [0.2, 0.25) is 0 Å². The van der Waals surface area contributed by atoms with Gasteiger partial charge in [-0.3, -0.25) is 0 Å². The minimum atomic E-state index is 0.00629. The fourth-order valence-electron chi connectivity index (χ4n) is 7.68. The molecule has 0 amide bonds. The third kappa shape index (κ3) is 14.2. The van der Waals surface area contributed by atoms with Crippen LogP contribution in [-0.2, 0) is 18.4 Å². The minimum Gasteiger partial charge on any atom is -0.247 e. The average molecular weight is 628 g/mol. The Bertz CT molecular complexity index is 1100. The number of aromatic nitrogens is 2. The second kappa shape index (κ2) is 23.9. The number of nitrogens with one attached hydrogen (secondary N) is 1. The molecule has 2 aromatic carbocycles. The van der Waals surface area contributed by atoms with Crippen molar-refractivity contribution in [2.45, 2.75) is 186 Å². The van der Waals surface area contributed by atoms with Gasteiger partial charge in [0, 0.05) is 5.41 Å². The summed E-state index contributed by atoms with van der Waals surface area (Å²) in [6.07, 6.45) is 36.1. The van der Waals surface area contributed by atoms with E-state index in [0.29, 0.717) is 5.92 Å². The monoisotopic (exact) mass is 628 g/mol. The third-order valence-corrected chi connectivity index (χ3v) is 10.6. The maximum Gasteiger partial charge on any atom is 0.258 e. The van der Waals surface area contributed by atoms with E-state index in [1.165, 1.54) is 158 Å². The molecule has 2 unspecified atom stereocenters. The molecule has 0 fully saturated rings. The Hall–Kier alpha value is -2.35. The first kappa shape index (κ1) is 38.1. The molecule has 0 radical (unpaired) electrons. The molecule has 2 nitrogen and oxygen atoms in total. The summed E-state index contributed by atoms with van der Waals surface area (Å²) in [6, 6.07) is 22.6. The van der Waals surface area contributed by atoms with Crippen LogP contribution in [0.5, 0.6) is 0 Å². The minimum absolute atomic E-state index is 0.00629. The number of rotatable bonds is 28. The molecular weight excluding hydrogens is 556 g/mol. The third-order valence-electron chi connectivity index (χ3n) is 10.6. The second-order valence-corrected chi connectivity index (χ2v) is 14.5. The maximum atomic E-state index is 3.79. The molecule has 3 rings (SSSR count). The highest BCUT2D eigenvalue weighted by molar-refractivity contribution is 5.32. The summed E-state index contributed by atoms with van der Waals surface area (Å²) >= 11 is 0. The molecule has 1 N–H and O–H groups in total. The van der Waals surface area contributed by atoms with Gasteiger partial charge in [0.05, 0.1) is 12.5 Å². The fraction of sp³-hybridized carbons (Fsp3) is 0.659. The van der Waals surface area contributed by atoms with Crippen molar-refractivity contribution in [2.75, 3.05) is 0 Å². The van der Waals surface area contributed by atoms with E-state index in [4.69, 9.17) is 0 Å². The molecular formula is C44H71N2+. The van der Waals surface area contributed by atoms with Crippen LogP contribution in [0.1, 0.15) is 185 Å².